The Morgan fingerprint density at radius 2 is 1.96 bits per heavy atom. The van der Waals surface area contributed by atoms with Crippen molar-refractivity contribution in [2.24, 2.45) is 5.92 Å². The Hall–Kier alpha value is -2.21. The number of halogens is 2. The lowest BCUT2D eigenvalue weighted by molar-refractivity contribution is -0.122. The van der Waals surface area contributed by atoms with Gasteiger partial charge in [-0.05, 0) is 42.5 Å². The fourth-order valence-electron chi connectivity index (χ4n) is 2.56. The first-order chi connectivity index (χ1) is 11.0. The molecule has 0 bridgehead atoms. The minimum absolute atomic E-state index is 0.0910. The molecule has 118 valence electrons. The number of hydrogen-bond donors (Lipinski definition) is 1. The second-order valence-electron chi connectivity index (χ2n) is 5.38. The summed E-state index contributed by atoms with van der Waals surface area (Å²) in [5, 5.41) is 2.66. The number of carbonyl (C=O) groups excluding carboxylic acids is 2. The molecule has 1 saturated heterocycles. The molecule has 1 heterocycles. The standard InChI is InChI=1S/C17H14BrFN2O2/c18-12-4-6-15(7-5-12)21-10-11(8-16(21)22)17(23)20-14-3-1-2-13(19)9-14/h1-7,9,11H,8,10H2,(H,20,23)/t11-/m0/s1. The minimum atomic E-state index is -0.450. The fourth-order valence-corrected chi connectivity index (χ4v) is 2.83. The highest BCUT2D eigenvalue weighted by Crippen LogP contribution is 2.27. The van der Waals surface area contributed by atoms with Crippen LogP contribution >= 0.6 is 15.9 Å². The number of hydrogen-bond acceptors (Lipinski definition) is 2. The van der Waals surface area contributed by atoms with Crippen molar-refractivity contribution >= 4 is 39.1 Å². The lowest BCUT2D eigenvalue weighted by Gasteiger charge is -2.16. The van der Waals surface area contributed by atoms with E-state index in [0.29, 0.717) is 12.2 Å². The van der Waals surface area contributed by atoms with Crippen molar-refractivity contribution in [3.63, 3.8) is 0 Å². The Morgan fingerprint density at radius 1 is 1.22 bits per heavy atom. The van der Waals surface area contributed by atoms with E-state index in [4.69, 9.17) is 0 Å². The molecule has 0 spiro atoms. The van der Waals surface area contributed by atoms with Crippen molar-refractivity contribution in [1.29, 1.82) is 0 Å². The number of amides is 2. The third-order valence-electron chi connectivity index (χ3n) is 3.73. The van der Waals surface area contributed by atoms with Crippen LogP contribution in [0.15, 0.2) is 53.0 Å². The topological polar surface area (TPSA) is 49.4 Å². The van der Waals surface area contributed by atoms with Crippen LogP contribution in [0.2, 0.25) is 0 Å². The normalized spacial score (nSPS) is 17.4. The van der Waals surface area contributed by atoms with Gasteiger partial charge in [-0.2, -0.15) is 0 Å². The van der Waals surface area contributed by atoms with Crippen molar-refractivity contribution in [2.45, 2.75) is 6.42 Å². The van der Waals surface area contributed by atoms with Gasteiger partial charge in [-0.15, -0.1) is 0 Å². The van der Waals surface area contributed by atoms with Crippen molar-refractivity contribution in [3.8, 4) is 0 Å². The minimum Gasteiger partial charge on any atom is -0.326 e. The SMILES string of the molecule is O=C(Nc1cccc(F)c1)[C@H]1CC(=O)N(c2ccc(Br)cc2)C1. The number of carbonyl (C=O) groups is 2. The fraction of sp³-hybridized carbons (Fsp3) is 0.176. The van der Waals surface area contributed by atoms with E-state index in [1.54, 1.807) is 11.0 Å². The van der Waals surface area contributed by atoms with Gasteiger partial charge in [0, 0.05) is 28.8 Å². The lowest BCUT2D eigenvalue weighted by atomic mass is 10.1. The molecular formula is C17H14BrFN2O2. The molecule has 0 saturated carbocycles. The molecule has 2 aromatic rings. The maximum absolute atomic E-state index is 13.2. The molecule has 1 aliphatic heterocycles. The number of anilines is 2. The molecule has 1 aliphatic rings. The molecule has 0 aliphatic carbocycles. The number of rotatable bonds is 3. The van der Waals surface area contributed by atoms with Gasteiger partial charge in [-0.1, -0.05) is 22.0 Å². The Kier molecular flexibility index (Phi) is 4.43. The van der Waals surface area contributed by atoms with E-state index < -0.39 is 11.7 Å². The van der Waals surface area contributed by atoms with Gasteiger partial charge in [-0.3, -0.25) is 9.59 Å². The molecule has 4 nitrogen and oxygen atoms in total. The van der Waals surface area contributed by atoms with Crippen LogP contribution in [0.25, 0.3) is 0 Å². The molecule has 23 heavy (non-hydrogen) atoms. The van der Waals surface area contributed by atoms with Gasteiger partial charge < -0.3 is 10.2 Å². The van der Waals surface area contributed by atoms with Gasteiger partial charge in [0.2, 0.25) is 11.8 Å². The summed E-state index contributed by atoms with van der Waals surface area (Å²) in [6, 6.07) is 13.1. The molecule has 0 aromatic heterocycles. The molecular weight excluding hydrogens is 363 g/mol. The summed E-state index contributed by atoms with van der Waals surface area (Å²) in [7, 11) is 0. The van der Waals surface area contributed by atoms with Crippen molar-refractivity contribution in [3.05, 3.63) is 58.8 Å². The van der Waals surface area contributed by atoms with Gasteiger partial charge in [0.15, 0.2) is 0 Å². The van der Waals surface area contributed by atoms with E-state index in [0.717, 1.165) is 10.2 Å². The largest absolute Gasteiger partial charge is 0.326 e. The summed E-state index contributed by atoms with van der Waals surface area (Å²) in [4.78, 5) is 26.0. The second kappa shape index (κ2) is 6.50. The average molecular weight is 377 g/mol. The number of benzene rings is 2. The van der Waals surface area contributed by atoms with Crippen LogP contribution in [0.4, 0.5) is 15.8 Å². The maximum Gasteiger partial charge on any atom is 0.229 e. The summed E-state index contributed by atoms with van der Waals surface area (Å²) in [5.74, 6) is -1.23. The summed E-state index contributed by atoms with van der Waals surface area (Å²) in [5.41, 5.74) is 1.16. The van der Waals surface area contributed by atoms with E-state index in [1.807, 2.05) is 24.3 Å². The van der Waals surface area contributed by atoms with E-state index in [-0.39, 0.29) is 18.2 Å². The van der Waals surface area contributed by atoms with Crippen LogP contribution < -0.4 is 10.2 Å². The van der Waals surface area contributed by atoms with E-state index in [9.17, 15) is 14.0 Å². The van der Waals surface area contributed by atoms with Gasteiger partial charge in [0.1, 0.15) is 5.82 Å². The highest BCUT2D eigenvalue weighted by Gasteiger charge is 2.35. The molecule has 1 fully saturated rings. The van der Waals surface area contributed by atoms with Crippen LogP contribution in [0.5, 0.6) is 0 Å². The van der Waals surface area contributed by atoms with Gasteiger partial charge >= 0.3 is 0 Å². The van der Waals surface area contributed by atoms with E-state index >= 15 is 0 Å². The zero-order valence-electron chi connectivity index (χ0n) is 12.1. The van der Waals surface area contributed by atoms with Crippen molar-refractivity contribution in [1.82, 2.24) is 0 Å². The molecule has 1 atom stereocenters. The summed E-state index contributed by atoms with van der Waals surface area (Å²) >= 11 is 3.35. The third-order valence-corrected chi connectivity index (χ3v) is 4.25. The van der Waals surface area contributed by atoms with Crippen LogP contribution in [-0.4, -0.2) is 18.4 Å². The Bertz CT molecular complexity index is 749. The first-order valence-corrected chi connectivity index (χ1v) is 7.94. The Balaban J connectivity index is 1.69. The molecule has 0 unspecified atom stereocenters. The third kappa shape index (κ3) is 3.59. The quantitative estimate of drug-likeness (QED) is 0.889. The predicted molar refractivity (Wildman–Crippen MR) is 89.6 cm³/mol. The van der Waals surface area contributed by atoms with E-state index in [1.165, 1.54) is 18.2 Å². The van der Waals surface area contributed by atoms with Crippen LogP contribution in [-0.2, 0) is 9.59 Å². The molecule has 2 amide bonds. The highest BCUT2D eigenvalue weighted by molar-refractivity contribution is 9.10. The van der Waals surface area contributed by atoms with Gasteiger partial charge in [-0.25, -0.2) is 4.39 Å². The first-order valence-electron chi connectivity index (χ1n) is 7.15. The van der Waals surface area contributed by atoms with Crippen molar-refractivity contribution < 1.29 is 14.0 Å². The monoisotopic (exact) mass is 376 g/mol. The summed E-state index contributed by atoms with van der Waals surface area (Å²) in [6.07, 6.45) is 0.150. The Labute approximate surface area is 141 Å². The average Bonchev–Trinajstić information content (AvgIpc) is 2.90. The van der Waals surface area contributed by atoms with E-state index in [2.05, 4.69) is 21.2 Å². The Morgan fingerprint density at radius 3 is 2.65 bits per heavy atom. The number of nitrogens with one attached hydrogen (secondary N) is 1. The zero-order chi connectivity index (χ0) is 16.4. The zero-order valence-corrected chi connectivity index (χ0v) is 13.7. The second-order valence-corrected chi connectivity index (χ2v) is 6.30. The maximum atomic E-state index is 13.2. The van der Waals surface area contributed by atoms with Crippen LogP contribution in [0, 0.1) is 11.7 Å². The summed E-state index contributed by atoms with van der Waals surface area (Å²) in [6.45, 7) is 0.321. The smallest absolute Gasteiger partial charge is 0.229 e. The molecule has 1 N–H and O–H groups in total. The van der Waals surface area contributed by atoms with Crippen LogP contribution in [0.3, 0.4) is 0 Å². The first kappa shape index (κ1) is 15.7. The molecule has 0 radical (unpaired) electrons. The van der Waals surface area contributed by atoms with Crippen LogP contribution in [0.1, 0.15) is 6.42 Å². The predicted octanol–water partition coefficient (Wildman–Crippen LogP) is 3.58. The van der Waals surface area contributed by atoms with Gasteiger partial charge in [0.25, 0.3) is 0 Å². The highest BCUT2D eigenvalue weighted by atomic mass is 79.9. The molecule has 3 rings (SSSR count). The molecule has 6 heteroatoms. The molecule has 2 aromatic carbocycles. The van der Waals surface area contributed by atoms with Gasteiger partial charge in [0.05, 0.1) is 5.92 Å². The lowest BCUT2D eigenvalue weighted by Crippen LogP contribution is -2.28. The summed E-state index contributed by atoms with van der Waals surface area (Å²) < 4.78 is 14.1. The number of nitrogens with zero attached hydrogens (tertiary/aromatic N) is 1. The van der Waals surface area contributed by atoms with Crippen molar-refractivity contribution in [2.75, 3.05) is 16.8 Å².